The fourth-order valence-corrected chi connectivity index (χ4v) is 3.76. The lowest BCUT2D eigenvalue weighted by atomic mass is 10.0. The first-order valence-corrected chi connectivity index (χ1v) is 7.44. The maximum Gasteiger partial charge on any atom is 0.307 e. The Hall–Kier alpha value is -1.54. The van der Waals surface area contributed by atoms with Gasteiger partial charge < -0.3 is 5.11 Å². The van der Waals surface area contributed by atoms with Crippen molar-refractivity contribution in [3.63, 3.8) is 0 Å². The van der Waals surface area contributed by atoms with Crippen molar-refractivity contribution in [1.82, 2.24) is 4.31 Å². The van der Waals surface area contributed by atoms with E-state index in [1.54, 1.807) is 0 Å². The number of carbonyl (C=O) groups is 1. The van der Waals surface area contributed by atoms with Crippen molar-refractivity contribution in [2.75, 3.05) is 13.1 Å². The molecule has 1 aliphatic heterocycles. The van der Waals surface area contributed by atoms with Crippen LogP contribution in [-0.2, 0) is 14.8 Å². The Balaban J connectivity index is 2.32. The van der Waals surface area contributed by atoms with Gasteiger partial charge in [0, 0.05) is 19.2 Å². The zero-order chi connectivity index (χ0) is 14.9. The molecule has 1 heterocycles. The van der Waals surface area contributed by atoms with Gasteiger partial charge in [0.15, 0.2) is 0 Å². The Morgan fingerprint density at radius 2 is 1.85 bits per heavy atom. The average Bonchev–Trinajstić information content (AvgIpc) is 2.37. The third-order valence-electron chi connectivity index (χ3n) is 3.21. The number of hydrogen-bond acceptors (Lipinski definition) is 3. The number of halogens is 2. The summed E-state index contributed by atoms with van der Waals surface area (Å²) in [6.45, 7) is -0.0416. The molecule has 0 unspecified atom stereocenters. The minimum atomic E-state index is -4.08. The van der Waals surface area contributed by atoms with E-state index in [1.165, 1.54) is 0 Å². The molecule has 20 heavy (non-hydrogen) atoms. The van der Waals surface area contributed by atoms with Crippen molar-refractivity contribution in [3.05, 3.63) is 29.8 Å². The van der Waals surface area contributed by atoms with Crippen LogP contribution in [0.2, 0.25) is 0 Å². The van der Waals surface area contributed by atoms with Gasteiger partial charge in [-0.2, -0.15) is 4.31 Å². The molecule has 0 radical (unpaired) electrons. The number of piperidine rings is 1. The standard InChI is InChI=1S/C12H13F2NO4S/c13-9-4-10(14)6-11(5-9)20(18,19)15-3-1-2-8(7-15)12(16)17/h4-6,8H,1-3,7H2,(H,16,17)/t8-/m0/s1. The molecule has 110 valence electrons. The lowest BCUT2D eigenvalue weighted by molar-refractivity contribution is -0.142. The van der Waals surface area contributed by atoms with Gasteiger partial charge in [0.2, 0.25) is 10.0 Å². The Morgan fingerprint density at radius 3 is 2.40 bits per heavy atom. The van der Waals surface area contributed by atoms with Crippen molar-refractivity contribution in [2.45, 2.75) is 17.7 Å². The van der Waals surface area contributed by atoms with Crippen LogP contribution in [0, 0.1) is 17.6 Å². The molecular weight excluding hydrogens is 292 g/mol. The Labute approximate surface area is 114 Å². The second-order valence-corrected chi connectivity index (χ2v) is 6.58. The van der Waals surface area contributed by atoms with Crippen molar-refractivity contribution in [3.8, 4) is 0 Å². The summed E-state index contributed by atoms with van der Waals surface area (Å²) in [6, 6.07) is 2.03. The second-order valence-electron chi connectivity index (χ2n) is 4.65. The van der Waals surface area contributed by atoms with Crippen LogP contribution in [0.5, 0.6) is 0 Å². The first kappa shape index (κ1) is 14.9. The van der Waals surface area contributed by atoms with Crippen molar-refractivity contribution in [1.29, 1.82) is 0 Å². The molecule has 1 N–H and O–H groups in total. The lowest BCUT2D eigenvalue weighted by Crippen LogP contribution is -2.42. The first-order chi connectivity index (χ1) is 9.30. The quantitative estimate of drug-likeness (QED) is 0.917. The summed E-state index contributed by atoms with van der Waals surface area (Å²) >= 11 is 0. The molecule has 8 heteroatoms. The van der Waals surface area contributed by atoms with Crippen LogP contribution in [-0.4, -0.2) is 36.9 Å². The molecule has 0 aromatic heterocycles. The highest BCUT2D eigenvalue weighted by Gasteiger charge is 2.33. The van der Waals surface area contributed by atoms with Gasteiger partial charge in [-0.05, 0) is 25.0 Å². The Bertz CT molecular complexity index is 612. The molecule has 1 fully saturated rings. The molecule has 0 saturated carbocycles. The molecule has 1 aliphatic rings. The second kappa shape index (κ2) is 5.45. The molecule has 0 aliphatic carbocycles. The van der Waals surface area contributed by atoms with E-state index in [-0.39, 0.29) is 13.1 Å². The van der Waals surface area contributed by atoms with Crippen LogP contribution in [0.1, 0.15) is 12.8 Å². The predicted molar refractivity (Wildman–Crippen MR) is 65.5 cm³/mol. The normalized spacial score (nSPS) is 20.8. The summed E-state index contributed by atoms with van der Waals surface area (Å²) in [4.78, 5) is 10.4. The van der Waals surface area contributed by atoms with Gasteiger partial charge in [0.05, 0.1) is 10.8 Å². The maximum absolute atomic E-state index is 13.1. The number of hydrogen-bond donors (Lipinski definition) is 1. The third kappa shape index (κ3) is 2.96. The van der Waals surface area contributed by atoms with Gasteiger partial charge in [-0.25, -0.2) is 17.2 Å². The Kier molecular flexibility index (Phi) is 4.05. The fraction of sp³-hybridized carbons (Fsp3) is 0.417. The van der Waals surface area contributed by atoms with E-state index in [0.29, 0.717) is 18.9 Å². The van der Waals surface area contributed by atoms with E-state index in [9.17, 15) is 22.0 Å². The fourth-order valence-electron chi connectivity index (χ4n) is 2.19. The number of sulfonamides is 1. The summed E-state index contributed by atoms with van der Waals surface area (Å²) in [6.07, 6.45) is 0.785. The smallest absolute Gasteiger partial charge is 0.307 e. The van der Waals surface area contributed by atoms with Crippen LogP contribution in [0.15, 0.2) is 23.1 Å². The Morgan fingerprint density at radius 1 is 1.25 bits per heavy atom. The van der Waals surface area contributed by atoms with Gasteiger partial charge in [-0.3, -0.25) is 4.79 Å². The summed E-state index contributed by atoms with van der Waals surface area (Å²) in [5.74, 6) is -3.85. The van der Waals surface area contributed by atoms with E-state index >= 15 is 0 Å². The van der Waals surface area contributed by atoms with Crippen molar-refractivity contribution >= 4 is 16.0 Å². The number of benzene rings is 1. The average molecular weight is 305 g/mol. The lowest BCUT2D eigenvalue weighted by Gasteiger charge is -2.29. The molecule has 2 rings (SSSR count). The SMILES string of the molecule is O=C(O)[C@H]1CCCN(S(=O)(=O)c2cc(F)cc(F)c2)C1. The van der Waals surface area contributed by atoms with Gasteiger partial charge >= 0.3 is 5.97 Å². The number of carboxylic acid groups (broad SMARTS) is 1. The van der Waals surface area contributed by atoms with Crippen LogP contribution in [0.25, 0.3) is 0 Å². The van der Waals surface area contributed by atoms with Crippen LogP contribution in [0.3, 0.4) is 0 Å². The minimum Gasteiger partial charge on any atom is -0.481 e. The van der Waals surface area contributed by atoms with Gasteiger partial charge in [-0.15, -0.1) is 0 Å². The highest BCUT2D eigenvalue weighted by atomic mass is 32.2. The molecule has 0 spiro atoms. The minimum absolute atomic E-state index is 0.143. The number of rotatable bonds is 3. The largest absolute Gasteiger partial charge is 0.481 e. The molecule has 0 bridgehead atoms. The molecule has 1 atom stereocenters. The molecule has 1 aromatic carbocycles. The number of carboxylic acids is 1. The van der Waals surface area contributed by atoms with E-state index in [0.717, 1.165) is 16.4 Å². The van der Waals surface area contributed by atoms with E-state index in [2.05, 4.69) is 0 Å². The summed E-state index contributed by atoms with van der Waals surface area (Å²) < 4.78 is 51.7. The van der Waals surface area contributed by atoms with E-state index in [4.69, 9.17) is 5.11 Å². The maximum atomic E-state index is 13.1. The molecule has 5 nitrogen and oxygen atoms in total. The summed E-state index contributed by atoms with van der Waals surface area (Å²) in [5.41, 5.74) is 0. The summed E-state index contributed by atoms with van der Waals surface area (Å²) in [5, 5.41) is 8.94. The highest BCUT2D eigenvalue weighted by Crippen LogP contribution is 2.24. The molecule has 1 saturated heterocycles. The van der Waals surface area contributed by atoms with Crippen LogP contribution >= 0.6 is 0 Å². The van der Waals surface area contributed by atoms with Crippen molar-refractivity contribution < 1.29 is 27.1 Å². The highest BCUT2D eigenvalue weighted by molar-refractivity contribution is 7.89. The zero-order valence-electron chi connectivity index (χ0n) is 10.4. The summed E-state index contributed by atoms with van der Waals surface area (Å²) in [7, 11) is -4.08. The van der Waals surface area contributed by atoms with E-state index in [1.807, 2.05) is 0 Å². The topological polar surface area (TPSA) is 74.7 Å². The van der Waals surface area contributed by atoms with Crippen molar-refractivity contribution in [2.24, 2.45) is 5.92 Å². The van der Waals surface area contributed by atoms with Crippen LogP contribution in [0.4, 0.5) is 8.78 Å². The van der Waals surface area contributed by atoms with Gasteiger partial charge in [0.1, 0.15) is 11.6 Å². The van der Waals surface area contributed by atoms with E-state index < -0.39 is 38.4 Å². The monoisotopic (exact) mass is 305 g/mol. The molecule has 0 amide bonds. The zero-order valence-corrected chi connectivity index (χ0v) is 11.2. The first-order valence-electron chi connectivity index (χ1n) is 6.00. The number of aliphatic carboxylic acids is 1. The van der Waals surface area contributed by atoms with Gasteiger partial charge in [0.25, 0.3) is 0 Å². The third-order valence-corrected chi connectivity index (χ3v) is 5.05. The number of nitrogens with zero attached hydrogens (tertiary/aromatic N) is 1. The van der Waals surface area contributed by atoms with Gasteiger partial charge in [-0.1, -0.05) is 0 Å². The van der Waals surface area contributed by atoms with Crippen LogP contribution < -0.4 is 0 Å². The predicted octanol–water partition coefficient (Wildman–Crippen LogP) is 1.45. The molecule has 1 aromatic rings. The molecular formula is C12H13F2NO4S.